The molecule has 1 fully saturated rings. The van der Waals surface area contributed by atoms with Crippen molar-refractivity contribution in [3.8, 4) is 0 Å². The number of rotatable bonds is 5. The second kappa shape index (κ2) is 8.64. The van der Waals surface area contributed by atoms with Gasteiger partial charge in [-0.2, -0.15) is 0 Å². The molecule has 0 aliphatic carbocycles. The first-order valence-corrected chi connectivity index (χ1v) is 9.73. The summed E-state index contributed by atoms with van der Waals surface area (Å²) in [7, 11) is 0. The number of aryl methyl sites for hydroxylation is 1. The molecule has 29 heavy (non-hydrogen) atoms. The average Bonchev–Trinajstić information content (AvgIpc) is 2.80. The summed E-state index contributed by atoms with van der Waals surface area (Å²) < 4.78 is 0. The Morgan fingerprint density at radius 3 is 2.34 bits per heavy atom. The molecule has 0 spiro atoms. The normalized spacial score (nSPS) is 14.0. The topological polar surface area (TPSA) is 87.1 Å². The van der Waals surface area contributed by atoms with E-state index in [-0.39, 0.29) is 5.91 Å². The van der Waals surface area contributed by atoms with Crippen LogP contribution in [0.5, 0.6) is 0 Å². The third kappa shape index (κ3) is 4.31. The lowest BCUT2D eigenvalue weighted by molar-refractivity contribution is 0.102. The highest BCUT2D eigenvalue weighted by molar-refractivity contribution is 6.03. The Morgan fingerprint density at radius 1 is 0.931 bits per heavy atom. The summed E-state index contributed by atoms with van der Waals surface area (Å²) in [5.41, 5.74) is 2.20. The number of nitrogens with zero attached hydrogens (tertiary/aromatic N) is 6. The molecule has 0 bridgehead atoms. The summed E-state index contributed by atoms with van der Waals surface area (Å²) in [5.74, 6) is 1.26. The molecular weight excluding hydrogens is 366 g/mol. The zero-order valence-electron chi connectivity index (χ0n) is 16.3. The second-order valence-electron chi connectivity index (χ2n) is 6.75. The summed E-state index contributed by atoms with van der Waals surface area (Å²) >= 11 is 0. The van der Waals surface area contributed by atoms with Crippen LogP contribution in [-0.4, -0.2) is 52.0 Å². The highest BCUT2D eigenvalue weighted by Gasteiger charge is 2.20. The van der Waals surface area contributed by atoms with E-state index < -0.39 is 0 Å². The molecule has 148 valence electrons. The number of benzene rings is 1. The van der Waals surface area contributed by atoms with Gasteiger partial charge in [-0.3, -0.25) is 4.79 Å². The van der Waals surface area contributed by atoms with Crippen LogP contribution in [0.4, 0.5) is 17.5 Å². The van der Waals surface area contributed by atoms with Crippen LogP contribution in [0.25, 0.3) is 0 Å². The van der Waals surface area contributed by atoms with Crippen molar-refractivity contribution in [1.82, 2.24) is 19.9 Å². The number of para-hydroxylation sites is 1. The fraction of sp³-hybridized carbons (Fsp3) is 0.286. The van der Waals surface area contributed by atoms with Crippen LogP contribution in [0.1, 0.15) is 23.0 Å². The van der Waals surface area contributed by atoms with Gasteiger partial charge in [0.25, 0.3) is 5.91 Å². The standard InChI is InChI=1S/C21H23N7O/c1-2-16-6-3-4-7-17(16)26-20(29)18-14-25-19(15-24-18)27-10-12-28(13-11-27)21-22-8-5-9-23-21/h3-9,14-15H,2,10-13H2,1H3,(H,26,29). The van der Waals surface area contributed by atoms with Gasteiger partial charge in [-0.15, -0.1) is 0 Å². The smallest absolute Gasteiger partial charge is 0.275 e. The Hall–Kier alpha value is -3.55. The van der Waals surface area contributed by atoms with E-state index in [2.05, 4.69) is 42.0 Å². The molecule has 1 aliphatic heterocycles. The SMILES string of the molecule is CCc1ccccc1NC(=O)c1cnc(N2CCN(c3ncccn3)CC2)cn1. The first-order valence-electron chi connectivity index (χ1n) is 9.73. The molecule has 8 nitrogen and oxygen atoms in total. The van der Waals surface area contributed by atoms with Crippen LogP contribution in [0, 0.1) is 0 Å². The van der Waals surface area contributed by atoms with Gasteiger partial charge >= 0.3 is 0 Å². The summed E-state index contributed by atoms with van der Waals surface area (Å²) in [4.78, 5) is 34.2. The van der Waals surface area contributed by atoms with Crippen molar-refractivity contribution in [2.75, 3.05) is 41.3 Å². The van der Waals surface area contributed by atoms with Gasteiger partial charge in [0.1, 0.15) is 11.5 Å². The van der Waals surface area contributed by atoms with E-state index in [0.29, 0.717) is 5.69 Å². The molecule has 3 aromatic rings. The summed E-state index contributed by atoms with van der Waals surface area (Å²) in [5, 5.41) is 2.93. The van der Waals surface area contributed by atoms with Gasteiger partial charge in [0, 0.05) is 44.3 Å². The van der Waals surface area contributed by atoms with Crippen LogP contribution in [0.15, 0.2) is 55.1 Å². The van der Waals surface area contributed by atoms with E-state index in [9.17, 15) is 4.79 Å². The second-order valence-corrected chi connectivity index (χ2v) is 6.75. The molecule has 1 aromatic carbocycles. The molecular formula is C21H23N7O. The lowest BCUT2D eigenvalue weighted by Crippen LogP contribution is -2.47. The lowest BCUT2D eigenvalue weighted by atomic mass is 10.1. The van der Waals surface area contributed by atoms with Gasteiger partial charge in [0.15, 0.2) is 0 Å². The van der Waals surface area contributed by atoms with Gasteiger partial charge < -0.3 is 15.1 Å². The van der Waals surface area contributed by atoms with E-state index in [0.717, 1.165) is 55.6 Å². The zero-order chi connectivity index (χ0) is 20.1. The molecule has 1 aliphatic rings. The molecule has 0 unspecified atom stereocenters. The van der Waals surface area contributed by atoms with Crippen LogP contribution in [0.2, 0.25) is 0 Å². The minimum absolute atomic E-state index is 0.254. The van der Waals surface area contributed by atoms with Gasteiger partial charge in [-0.1, -0.05) is 25.1 Å². The molecule has 0 radical (unpaired) electrons. The van der Waals surface area contributed by atoms with Crippen molar-refractivity contribution >= 4 is 23.4 Å². The molecule has 0 atom stereocenters. The number of hydrogen-bond donors (Lipinski definition) is 1. The Bertz CT molecular complexity index is 954. The fourth-order valence-electron chi connectivity index (χ4n) is 3.33. The van der Waals surface area contributed by atoms with Crippen molar-refractivity contribution in [2.45, 2.75) is 13.3 Å². The van der Waals surface area contributed by atoms with Crippen molar-refractivity contribution in [1.29, 1.82) is 0 Å². The van der Waals surface area contributed by atoms with Gasteiger partial charge in [0.2, 0.25) is 5.95 Å². The number of carbonyl (C=O) groups excluding carboxylic acids is 1. The van der Waals surface area contributed by atoms with E-state index in [4.69, 9.17) is 0 Å². The Morgan fingerprint density at radius 2 is 1.66 bits per heavy atom. The third-order valence-electron chi connectivity index (χ3n) is 4.96. The van der Waals surface area contributed by atoms with Gasteiger partial charge in [-0.05, 0) is 24.1 Å². The predicted octanol–water partition coefficient (Wildman–Crippen LogP) is 2.41. The van der Waals surface area contributed by atoms with Gasteiger partial charge in [-0.25, -0.2) is 19.9 Å². The summed E-state index contributed by atoms with van der Waals surface area (Å²) in [6.45, 7) is 5.26. The largest absolute Gasteiger partial charge is 0.352 e. The highest BCUT2D eigenvalue weighted by atomic mass is 16.1. The first kappa shape index (κ1) is 18.8. The molecule has 8 heteroatoms. The molecule has 1 amide bonds. The Kier molecular flexibility index (Phi) is 5.60. The van der Waals surface area contributed by atoms with E-state index in [1.165, 1.54) is 6.20 Å². The van der Waals surface area contributed by atoms with Crippen molar-refractivity contribution < 1.29 is 4.79 Å². The monoisotopic (exact) mass is 389 g/mol. The first-order chi connectivity index (χ1) is 14.2. The molecule has 1 N–H and O–H groups in total. The third-order valence-corrected chi connectivity index (χ3v) is 4.96. The number of carbonyl (C=O) groups is 1. The number of anilines is 3. The zero-order valence-corrected chi connectivity index (χ0v) is 16.3. The molecule has 3 heterocycles. The number of amides is 1. The maximum absolute atomic E-state index is 12.5. The molecule has 2 aromatic heterocycles. The minimum atomic E-state index is -0.254. The summed E-state index contributed by atoms with van der Waals surface area (Å²) in [6.07, 6.45) is 7.55. The van der Waals surface area contributed by atoms with Crippen molar-refractivity contribution in [2.24, 2.45) is 0 Å². The Balaban J connectivity index is 1.37. The molecule has 1 saturated heterocycles. The van der Waals surface area contributed by atoms with E-state index >= 15 is 0 Å². The Labute approximate surface area is 169 Å². The minimum Gasteiger partial charge on any atom is -0.352 e. The lowest BCUT2D eigenvalue weighted by Gasteiger charge is -2.35. The van der Waals surface area contributed by atoms with Crippen molar-refractivity contribution in [3.05, 3.63) is 66.4 Å². The number of hydrogen-bond acceptors (Lipinski definition) is 7. The van der Waals surface area contributed by atoms with Crippen LogP contribution in [0.3, 0.4) is 0 Å². The maximum atomic E-state index is 12.5. The number of piperazine rings is 1. The van der Waals surface area contributed by atoms with Crippen molar-refractivity contribution in [3.63, 3.8) is 0 Å². The predicted molar refractivity (Wildman–Crippen MR) is 112 cm³/mol. The molecule has 4 rings (SSSR count). The highest BCUT2D eigenvalue weighted by Crippen LogP contribution is 2.18. The quantitative estimate of drug-likeness (QED) is 0.717. The number of aromatic nitrogens is 4. The van der Waals surface area contributed by atoms with Crippen LogP contribution in [-0.2, 0) is 6.42 Å². The maximum Gasteiger partial charge on any atom is 0.275 e. The average molecular weight is 389 g/mol. The van der Waals surface area contributed by atoms with Crippen LogP contribution >= 0.6 is 0 Å². The van der Waals surface area contributed by atoms with E-state index in [1.807, 2.05) is 30.3 Å². The number of nitrogens with one attached hydrogen (secondary N) is 1. The van der Waals surface area contributed by atoms with Gasteiger partial charge in [0.05, 0.1) is 12.4 Å². The fourth-order valence-corrected chi connectivity index (χ4v) is 3.33. The molecule has 0 saturated carbocycles. The van der Waals surface area contributed by atoms with Crippen LogP contribution < -0.4 is 15.1 Å². The summed E-state index contributed by atoms with van der Waals surface area (Å²) in [6, 6.07) is 9.59. The van der Waals surface area contributed by atoms with E-state index in [1.54, 1.807) is 18.6 Å².